The fourth-order valence-electron chi connectivity index (χ4n) is 4.00. The van der Waals surface area contributed by atoms with Crippen molar-refractivity contribution in [2.24, 2.45) is 5.92 Å². The summed E-state index contributed by atoms with van der Waals surface area (Å²) in [5.74, 6) is 0.814. The maximum Gasteiger partial charge on any atom is 0.0500 e. The molecule has 1 fully saturated rings. The Morgan fingerprint density at radius 1 is 0.933 bits per heavy atom. The van der Waals surface area contributed by atoms with Gasteiger partial charge in [-0.3, -0.25) is 4.90 Å². The van der Waals surface area contributed by atoms with Crippen LogP contribution >= 0.6 is 12.6 Å². The van der Waals surface area contributed by atoms with E-state index in [4.69, 9.17) is 4.74 Å². The first kappa shape index (κ1) is 25.5. The van der Waals surface area contributed by atoms with Crippen LogP contribution in [-0.4, -0.2) is 68.2 Å². The van der Waals surface area contributed by atoms with E-state index in [0.717, 1.165) is 64.8 Å². The van der Waals surface area contributed by atoms with E-state index in [-0.39, 0.29) is 0 Å². The van der Waals surface area contributed by atoms with Gasteiger partial charge in [-0.1, -0.05) is 38.8 Å². The van der Waals surface area contributed by atoms with Crippen LogP contribution in [0.25, 0.3) is 0 Å². The third-order valence-electron chi connectivity index (χ3n) is 6.00. The Balaban J connectivity index is 1.56. The number of benzene rings is 1. The molecule has 0 radical (unpaired) electrons. The molecule has 1 aromatic rings. The number of hydrogen-bond acceptors (Lipinski definition) is 5. The molecular weight excluding hydrogens is 390 g/mol. The van der Waals surface area contributed by atoms with Crippen LogP contribution in [0.1, 0.15) is 58.4 Å². The molecule has 2 rings (SSSR count). The largest absolute Gasteiger partial charge is 0.381 e. The van der Waals surface area contributed by atoms with Crippen LogP contribution in [0.4, 0.5) is 5.69 Å². The molecule has 172 valence electrons. The topological polar surface area (TPSA) is 19.0 Å². The molecule has 1 atom stereocenters. The van der Waals surface area contributed by atoms with E-state index in [9.17, 15) is 0 Å². The van der Waals surface area contributed by atoms with Crippen molar-refractivity contribution in [1.82, 2.24) is 9.80 Å². The lowest BCUT2D eigenvalue weighted by atomic mass is 10.1. The third-order valence-corrected chi connectivity index (χ3v) is 6.32. The van der Waals surface area contributed by atoms with Crippen LogP contribution < -0.4 is 4.90 Å². The van der Waals surface area contributed by atoms with Crippen molar-refractivity contribution in [3.8, 4) is 0 Å². The van der Waals surface area contributed by atoms with Gasteiger partial charge in [-0.2, -0.15) is 12.6 Å². The molecular formula is C25H45N3OS. The summed E-state index contributed by atoms with van der Waals surface area (Å²) in [4.78, 5) is 7.34. The highest BCUT2D eigenvalue weighted by molar-refractivity contribution is 7.80. The SMILES string of the molecule is CC(C)CCCCOCCCCN(C)Cc1ccc(N2CCN(C(C)S)CC2)cc1. The molecule has 30 heavy (non-hydrogen) atoms. The minimum absolute atomic E-state index is 0.353. The second-order valence-electron chi connectivity index (χ2n) is 9.27. The van der Waals surface area contributed by atoms with Crippen LogP contribution in [0.2, 0.25) is 0 Å². The maximum atomic E-state index is 5.78. The number of ether oxygens (including phenoxy) is 1. The van der Waals surface area contributed by atoms with Crippen molar-refractivity contribution in [3.05, 3.63) is 29.8 Å². The number of unbranched alkanes of at least 4 members (excludes halogenated alkanes) is 2. The summed E-state index contributed by atoms with van der Waals surface area (Å²) in [7, 11) is 2.22. The number of piperazine rings is 1. The van der Waals surface area contributed by atoms with E-state index >= 15 is 0 Å². The molecule has 1 aliphatic heterocycles. The van der Waals surface area contributed by atoms with Crippen LogP contribution in [0, 0.1) is 5.92 Å². The first-order chi connectivity index (χ1) is 14.5. The van der Waals surface area contributed by atoms with Gasteiger partial charge in [0.2, 0.25) is 0 Å². The lowest BCUT2D eigenvalue weighted by molar-refractivity contribution is 0.123. The molecule has 0 aromatic heterocycles. The highest BCUT2D eigenvalue weighted by Gasteiger charge is 2.19. The first-order valence-electron chi connectivity index (χ1n) is 12.0. The van der Waals surface area contributed by atoms with Gasteiger partial charge in [-0.05, 0) is 63.4 Å². The molecule has 0 saturated carbocycles. The second-order valence-corrected chi connectivity index (χ2v) is 10.0. The summed E-state index contributed by atoms with van der Waals surface area (Å²) in [5.41, 5.74) is 2.74. The number of thiol groups is 1. The fourth-order valence-corrected chi connectivity index (χ4v) is 4.23. The normalized spacial score (nSPS) is 16.6. The van der Waals surface area contributed by atoms with Gasteiger partial charge >= 0.3 is 0 Å². The van der Waals surface area contributed by atoms with Crippen molar-refractivity contribution in [2.75, 3.05) is 57.9 Å². The standard InChI is InChI=1S/C25H45N3OS/c1-22(2)9-5-7-19-29-20-8-6-14-26(4)21-24-10-12-25(13-11-24)28-17-15-27(16-18-28)23(3)30/h10-13,22-23,30H,5-9,14-21H2,1-4H3. The van der Waals surface area contributed by atoms with E-state index in [0.29, 0.717) is 5.37 Å². The Morgan fingerprint density at radius 2 is 1.57 bits per heavy atom. The van der Waals surface area contributed by atoms with Gasteiger partial charge in [-0.15, -0.1) is 0 Å². The minimum Gasteiger partial charge on any atom is -0.381 e. The van der Waals surface area contributed by atoms with Gasteiger partial charge < -0.3 is 14.5 Å². The lowest BCUT2D eigenvalue weighted by Gasteiger charge is -2.37. The molecule has 0 N–H and O–H groups in total. The van der Waals surface area contributed by atoms with Gasteiger partial charge in [0.05, 0.1) is 5.37 Å². The van der Waals surface area contributed by atoms with Crippen molar-refractivity contribution in [3.63, 3.8) is 0 Å². The highest BCUT2D eigenvalue weighted by atomic mass is 32.1. The summed E-state index contributed by atoms with van der Waals surface area (Å²) in [5, 5.41) is 0.353. The monoisotopic (exact) mass is 435 g/mol. The summed E-state index contributed by atoms with van der Waals surface area (Å²) in [6, 6.07) is 9.16. The Bertz CT molecular complexity index is 556. The summed E-state index contributed by atoms with van der Waals surface area (Å²) >= 11 is 4.56. The minimum atomic E-state index is 0.353. The number of nitrogens with zero attached hydrogens (tertiary/aromatic N) is 3. The zero-order chi connectivity index (χ0) is 21.8. The van der Waals surface area contributed by atoms with Gasteiger partial charge in [0, 0.05) is 51.6 Å². The average molecular weight is 436 g/mol. The molecule has 1 aromatic carbocycles. The van der Waals surface area contributed by atoms with Crippen molar-refractivity contribution in [2.45, 2.75) is 64.8 Å². The molecule has 0 spiro atoms. The summed E-state index contributed by atoms with van der Waals surface area (Å²) in [6.07, 6.45) is 6.18. The molecule has 1 unspecified atom stereocenters. The van der Waals surface area contributed by atoms with Crippen molar-refractivity contribution < 1.29 is 4.74 Å². The zero-order valence-electron chi connectivity index (χ0n) is 19.9. The molecule has 0 bridgehead atoms. The summed E-state index contributed by atoms with van der Waals surface area (Å²) < 4.78 is 5.78. The van der Waals surface area contributed by atoms with Crippen molar-refractivity contribution in [1.29, 1.82) is 0 Å². The van der Waals surface area contributed by atoms with E-state index in [1.807, 2.05) is 0 Å². The maximum absolute atomic E-state index is 5.78. The molecule has 1 aliphatic rings. The van der Waals surface area contributed by atoms with Crippen LogP contribution in [0.5, 0.6) is 0 Å². The van der Waals surface area contributed by atoms with E-state index < -0.39 is 0 Å². The molecule has 0 amide bonds. The van der Waals surface area contributed by atoms with E-state index in [2.05, 4.69) is 79.4 Å². The second kappa shape index (κ2) is 14.3. The van der Waals surface area contributed by atoms with Gasteiger partial charge in [0.1, 0.15) is 0 Å². The number of anilines is 1. The van der Waals surface area contributed by atoms with Crippen LogP contribution in [0.3, 0.4) is 0 Å². The van der Waals surface area contributed by atoms with Crippen LogP contribution in [-0.2, 0) is 11.3 Å². The zero-order valence-corrected chi connectivity index (χ0v) is 20.7. The predicted molar refractivity (Wildman–Crippen MR) is 134 cm³/mol. The van der Waals surface area contributed by atoms with E-state index in [1.165, 1.54) is 36.9 Å². The molecule has 4 nitrogen and oxygen atoms in total. The molecule has 0 aliphatic carbocycles. The summed E-state index contributed by atoms with van der Waals surface area (Å²) in [6.45, 7) is 15.1. The molecule has 1 saturated heterocycles. The Morgan fingerprint density at radius 3 is 2.17 bits per heavy atom. The van der Waals surface area contributed by atoms with E-state index in [1.54, 1.807) is 0 Å². The third kappa shape index (κ3) is 10.0. The highest BCUT2D eigenvalue weighted by Crippen LogP contribution is 2.19. The number of hydrogen-bond donors (Lipinski definition) is 1. The lowest BCUT2D eigenvalue weighted by Crippen LogP contribution is -2.48. The van der Waals surface area contributed by atoms with Crippen LogP contribution in [0.15, 0.2) is 24.3 Å². The molecule has 1 heterocycles. The average Bonchev–Trinajstić information content (AvgIpc) is 2.73. The first-order valence-corrected chi connectivity index (χ1v) is 12.5. The van der Waals surface area contributed by atoms with Crippen molar-refractivity contribution >= 4 is 18.3 Å². The smallest absolute Gasteiger partial charge is 0.0500 e. The Labute approximate surface area is 191 Å². The Hall–Kier alpha value is -0.750. The number of rotatable bonds is 14. The fraction of sp³-hybridized carbons (Fsp3) is 0.760. The van der Waals surface area contributed by atoms with Gasteiger partial charge in [0.25, 0.3) is 0 Å². The van der Waals surface area contributed by atoms with Gasteiger partial charge in [0.15, 0.2) is 0 Å². The predicted octanol–water partition coefficient (Wildman–Crippen LogP) is 5.14. The quantitative estimate of drug-likeness (QED) is 0.322. The molecule has 5 heteroatoms. The Kier molecular flexibility index (Phi) is 12.2. The van der Waals surface area contributed by atoms with Gasteiger partial charge in [-0.25, -0.2) is 0 Å².